The Labute approximate surface area is 156 Å². The molecule has 1 amide bonds. The Hall–Kier alpha value is -2.88. The minimum absolute atomic E-state index is 0.0186. The maximum atomic E-state index is 13.0. The number of aromatic amines is 1. The van der Waals surface area contributed by atoms with Crippen molar-refractivity contribution in [2.75, 3.05) is 5.32 Å². The van der Waals surface area contributed by atoms with Crippen LogP contribution in [0.5, 0.6) is 0 Å². The van der Waals surface area contributed by atoms with Crippen LogP contribution < -0.4 is 5.32 Å². The molecule has 0 saturated heterocycles. The molecule has 0 fully saturated rings. The molecule has 0 radical (unpaired) electrons. The van der Waals surface area contributed by atoms with E-state index in [1.54, 1.807) is 13.0 Å². The third kappa shape index (κ3) is 4.45. The van der Waals surface area contributed by atoms with E-state index in [0.717, 1.165) is 18.2 Å². The fourth-order valence-electron chi connectivity index (χ4n) is 2.41. The van der Waals surface area contributed by atoms with E-state index in [0.29, 0.717) is 17.9 Å². The molecule has 2 aromatic heterocycles. The topological polar surface area (TPSA) is 88.5 Å². The zero-order valence-corrected chi connectivity index (χ0v) is 14.8. The molecule has 2 N–H and O–H groups in total. The van der Waals surface area contributed by atoms with Gasteiger partial charge in [0.2, 0.25) is 5.91 Å². The van der Waals surface area contributed by atoms with Crippen LogP contribution in [0.4, 0.5) is 19.0 Å². The number of halogens is 4. The Morgan fingerprint density at radius 3 is 2.78 bits per heavy atom. The van der Waals surface area contributed by atoms with Crippen molar-refractivity contribution in [3.8, 4) is 5.69 Å². The second kappa shape index (κ2) is 7.39. The van der Waals surface area contributed by atoms with Crippen LogP contribution in [-0.4, -0.2) is 30.9 Å². The van der Waals surface area contributed by atoms with Crippen molar-refractivity contribution in [1.29, 1.82) is 0 Å². The van der Waals surface area contributed by atoms with Gasteiger partial charge in [-0.05, 0) is 25.1 Å². The number of hydrogen-bond donors (Lipinski definition) is 2. The Morgan fingerprint density at radius 2 is 2.11 bits per heavy atom. The molecule has 7 nitrogen and oxygen atoms in total. The van der Waals surface area contributed by atoms with Gasteiger partial charge in [-0.2, -0.15) is 23.4 Å². The number of aryl methyl sites for hydroxylation is 2. The fraction of sp³-hybridized carbons (Fsp3) is 0.250. The lowest BCUT2D eigenvalue weighted by Gasteiger charge is -2.13. The van der Waals surface area contributed by atoms with Crippen molar-refractivity contribution in [1.82, 2.24) is 25.0 Å². The second-order valence-corrected chi connectivity index (χ2v) is 6.13. The van der Waals surface area contributed by atoms with E-state index >= 15 is 0 Å². The van der Waals surface area contributed by atoms with E-state index in [1.807, 2.05) is 0 Å². The molecule has 0 aliphatic carbocycles. The molecule has 0 atom stereocenters. The first-order valence-electron chi connectivity index (χ1n) is 7.82. The summed E-state index contributed by atoms with van der Waals surface area (Å²) in [6.45, 7) is 1.65. The summed E-state index contributed by atoms with van der Waals surface area (Å²) in [6, 6.07) is 4.46. The van der Waals surface area contributed by atoms with Crippen LogP contribution in [-0.2, 0) is 17.4 Å². The highest BCUT2D eigenvalue weighted by atomic mass is 35.5. The van der Waals surface area contributed by atoms with E-state index < -0.39 is 11.7 Å². The highest BCUT2D eigenvalue weighted by Gasteiger charge is 2.31. The van der Waals surface area contributed by atoms with Gasteiger partial charge in [0.1, 0.15) is 18.0 Å². The van der Waals surface area contributed by atoms with Gasteiger partial charge >= 0.3 is 6.18 Å². The molecule has 2 heterocycles. The number of aromatic nitrogens is 5. The van der Waals surface area contributed by atoms with Crippen LogP contribution >= 0.6 is 11.6 Å². The van der Waals surface area contributed by atoms with Crippen LogP contribution in [0.25, 0.3) is 5.69 Å². The predicted molar refractivity (Wildman–Crippen MR) is 91.6 cm³/mol. The van der Waals surface area contributed by atoms with Gasteiger partial charge < -0.3 is 5.32 Å². The van der Waals surface area contributed by atoms with Gasteiger partial charge in [-0.15, -0.1) is 0 Å². The van der Waals surface area contributed by atoms with Gasteiger partial charge in [-0.25, -0.2) is 9.67 Å². The van der Waals surface area contributed by atoms with E-state index in [1.165, 1.54) is 11.0 Å². The number of anilines is 1. The van der Waals surface area contributed by atoms with Crippen LogP contribution in [0.15, 0.2) is 30.6 Å². The Balaban J connectivity index is 1.85. The van der Waals surface area contributed by atoms with Crippen LogP contribution in [0.2, 0.25) is 5.02 Å². The summed E-state index contributed by atoms with van der Waals surface area (Å²) in [6.07, 6.45) is -2.75. The number of nitrogens with zero attached hydrogens (tertiary/aromatic N) is 4. The van der Waals surface area contributed by atoms with Crippen LogP contribution in [0, 0.1) is 6.92 Å². The first kappa shape index (κ1) is 18.9. The fourth-order valence-corrected chi connectivity index (χ4v) is 2.61. The van der Waals surface area contributed by atoms with Gasteiger partial charge in [0.15, 0.2) is 0 Å². The number of H-pyrrole nitrogens is 1. The third-order valence-corrected chi connectivity index (χ3v) is 3.97. The quantitative estimate of drug-likeness (QED) is 0.688. The summed E-state index contributed by atoms with van der Waals surface area (Å²) in [5.41, 5.74) is -0.336. The molecule has 0 unspecified atom stereocenters. The smallest absolute Gasteiger partial charge is 0.311 e. The SMILES string of the molecule is Cc1cc(NC(=O)CCc2ncn[nH]2)n(-c2cc(C(F)(F)F)ccc2Cl)n1. The molecular weight excluding hydrogens is 385 g/mol. The molecule has 3 aromatic rings. The van der Waals surface area contributed by atoms with E-state index in [2.05, 4.69) is 25.6 Å². The van der Waals surface area contributed by atoms with Crippen molar-refractivity contribution in [2.45, 2.75) is 25.9 Å². The summed E-state index contributed by atoms with van der Waals surface area (Å²) in [4.78, 5) is 16.1. The Morgan fingerprint density at radius 1 is 1.33 bits per heavy atom. The summed E-state index contributed by atoms with van der Waals surface area (Å²) < 4.78 is 40.2. The molecule has 0 spiro atoms. The molecule has 0 saturated carbocycles. The summed E-state index contributed by atoms with van der Waals surface area (Å²) in [5, 5.41) is 13.2. The lowest BCUT2D eigenvalue weighted by Crippen LogP contribution is -2.16. The summed E-state index contributed by atoms with van der Waals surface area (Å²) in [7, 11) is 0. The van der Waals surface area contributed by atoms with Gasteiger partial charge in [-0.3, -0.25) is 9.89 Å². The average molecular weight is 399 g/mol. The molecule has 0 aliphatic heterocycles. The minimum atomic E-state index is -4.53. The molecular formula is C16H14ClF3N6O. The predicted octanol–water partition coefficient (Wildman–Crippen LogP) is 3.54. The Kier molecular flexibility index (Phi) is 5.17. The Bertz CT molecular complexity index is 952. The highest BCUT2D eigenvalue weighted by molar-refractivity contribution is 6.32. The van der Waals surface area contributed by atoms with E-state index in [4.69, 9.17) is 11.6 Å². The van der Waals surface area contributed by atoms with Crippen molar-refractivity contribution in [3.05, 3.63) is 52.7 Å². The van der Waals surface area contributed by atoms with Crippen molar-refractivity contribution in [2.24, 2.45) is 0 Å². The molecule has 1 aromatic carbocycles. The maximum Gasteiger partial charge on any atom is 0.416 e. The van der Waals surface area contributed by atoms with Crippen molar-refractivity contribution >= 4 is 23.3 Å². The van der Waals surface area contributed by atoms with Gasteiger partial charge in [0, 0.05) is 18.9 Å². The number of amides is 1. The number of rotatable bonds is 5. The monoisotopic (exact) mass is 398 g/mol. The maximum absolute atomic E-state index is 13.0. The molecule has 11 heteroatoms. The first-order valence-corrected chi connectivity index (χ1v) is 8.19. The lowest BCUT2D eigenvalue weighted by atomic mass is 10.2. The van der Waals surface area contributed by atoms with Gasteiger partial charge in [0.25, 0.3) is 0 Å². The number of hydrogen-bond acceptors (Lipinski definition) is 4. The highest BCUT2D eigenvalue weighted by Crippen LogP contribution is 2.34. The minimum Gasteiger partial charge on any atom is -0.311 e. The molecule has 142 valence electrons. The number of alkyl halides is 3. The zero-order chi connectivity index (χ0) is 19.6. The van der Waals surface area contributed by atoms with Crippen LogP contribution in [0.3, 0.4) is 0 Å². The number of carbonyl (C=O) groups is 1. The normalized spacial score (nSPS) is 11.6. The molecule has 0 bridgehead atoms. The lowest BCUT2D eigenvalue weighted by molar-refractivity contribution is -0.137. The van der Waals surface area contributed by atoms with Crippen LogP contribution in [0.1, 0.15) is 23.5 Å². The number of benzene rings is 1. The number of nitrogens with one attached hydrogen (secondary N) is 2. The molecule has 0 aliphatic rings. The first-order chi connectivity index (χ1) is 12.7. The average Bonchev–Trinajstić information content (AvgIpc) is 3.22. The summed E-state index contributed by atoms with van der Waals surface area (Å²) >= 11 is 6.07. The van der Waals surface area contributed by atoms with Crippen molar-refractivity contribution < 1.29 is 18.0 Å². The standard InChI is InChI=1S/C16H14ClF3N6O/c1-9-6-14(23-15(27)5-4-13-21-8-22-24-13)26(25-9)12-7-10(16(18,19)20)2-3-11(12)17/h2-3,6-8H,4-5H2,1H3,(H,23,27)(H,21,22,24). The number of carbonyl (C=O) groups excluding carboxylic acids is 1. The van der Waals surface area contributed by atoms with E-state index in [-0.39, 0.29) is 28.9 Å². The second-order valence-electron chi connectivity index (χ2n) is 5.73. The molecule has 27 heavy (non-hydrogen) atoms. The largest absolute Gasteiger partial charge is 0.416 e. The van der Waals surface area contributed by atoms with Gasteiger partial charge in [-0.1, -0.05) is 11.6 Å². The van der Waals surface area contributed by atoms with Gasteiger partial charge in [0.05, 0.1) is 22.0 Å². The van der Waals surface area contributed by atoms with Crippen molar-refractivity contribution in [3.63, 3.8) is 0 Å². The zero-order valence-electron chi connectivity index (χ0n) is 14.0. The summed E-state index contributed by atoms with van der Waals surface area (Å²) in [5.74, 6) is 0.419. The third-order valence-electron chi connectivity index (χ3n) is 3.65. The molecule has 3 rings (SSSR count). The van der Waals surface area contributed by atoms with E-state index in [9.17, 15) is 18.0 Å².